The van der Waals surface area contributed by atoms with Crippen molar-refractivity contribution in [2.75, 3.05) is 28.4 Å². The second-order valence-corrected chi connectivity index (χ2v) is 5.61. The largest absolute Gasteiger partial charge is 0.503 e. The summed E-state index contributed by atoms with van der Waals surface area (Å²) in [4.78, 5) is 43.2. The van der Waals surface area contributed by atoms with Crippen molar-refractivity contribution < 1.29 is 38.4 Å². The number of methoxy groups -OCH3 is 4. The summed E-state index contributed by atoms with van der Waals surface area (Å²) >= 11 is 0. The number of hydrogen-bond acceptors (Lipinski definition) is 9. The van der Waals surface area contributed by atoms with Crippen LogP contribution in [0.15, 0.2) is 12.1 Å². The zero-order valence-electron chi connectivity index (χ0n) is 15.4. The number of hydrogen-bond donors (Lipinski definition) is 2. The van der Waals surface area contributed by atoms with Gasteiger partial charge in [0.15, 0.2) is 11.5 Å². The zero-order valence-corrected chi connectivity index (χ0v) is 15.4. The van der Waals surface area contributed by atoms with E-state index in [1.165, 1.54) is 33.5 Å². The van der Waals surface area contributed by atoms with Crippen molar-refractivity contribution in [2.45, 2.75) is 0 Å². The lowest BCUT2D eigenvalue weighted by atomic mass is 10.0. The minimum atomic E-state index is -0.813. The molecule has 0 aliphatic rings. The Morgan fingerprint density at radius 1 is 0.964 bits per heavy atom. The van der Waals surface area contributed by atoms with E-state index in [2.05, 4.69) is 14.7 Å². The minimum absolute atomic E-state index is 0.000709. The lowest BCUT2D eigenvalue weighted by Crippen LogP contribution is -2.10. The van der Waals surface area contributed by atoms with Gasteiger partial charge in [-0.3, -0.25) is 0 Å². The molecular formula is C18H16N2O8. The Balaban J connectivity index is 2.55. The lowest BCUT2D eigenvalue weighted by molar-refractivity contribution is 0.0583. The summed E-state index contributed by atoms with van der Waals surface area (Å²) < 4.78 is 19.4. The Morgan fingerprint density at radius 3 is 2.18 bits per heavy atom. The van der Waals surface area contributed by atoms with E-state index in [9.17, 15) is 19.5 Å². The number of phenolic OH excluding ortho intramolecular Hbond substituents is 1. The molecule has 146 valence electrons. The SMILES string of the molecule is COC(=O)c1cc(C(=O)OC)c2c(n1)c(O)c(OC)c1cc(C(=O)OC)[nH]c12. The summed E-state index contributed by atoms with van der Waals surface area (Å²) in [6.45, 7) is 0. The van der Waals surface area contributed by atoms with E-state index in [0.717, 1.165) is 7.11 Å². The number of phenols is 1. The van der Waals surface area contributed by atoms with Crippen molar-refractivity contribution >= 4 is 39.7 Å². The zero-order chi connectivity index (χ0) is 20.6. The molecule has 10 heteroatoms. The van der Waals surface area contributed by atoms with Gasteiger partial charge < -0.3 is 29.0 Å². The second kappa shape index (κ2) is 7.06. The number of fused-ring (bicyclic) bond motifs is 3. The van der Waals surface area contributed by atoms with Gasteiger partial charge in [-0.1, -0.05) is 0 Å². The summed E-state index contributed by atoms with van der Waals surface area (Å²) in [5.41, 5.74) is -0.0446. The van der Waals surface area contributed by atoms with Crippen molar-refractivity contribution in [3.8, 4) is 11.5 Å². The molecule has 0 bridgehead atoms. The van der Waals surface area contributed by atoms with Crippen LogP contribution in [0.1, 0.15) is 31.3 Å². The molecule has 0 aliphatic heterocycles. The molecule has 0 unspecified atom stereocenters. The Morgan fingerprint density at radius 2 is 1.61 bits per heavy atom. The van der Waals surface area contributed by atoms with Crippen LogP contribution in [-0.4, -0.2) is 61.4 Å². The van der Waals surface area contributed by atoms with Gasteiger partial charge in [0, 0.05) is 10.8 Å². The number of esters is 3. The van der Waals surface area contributed by atoms with Crippen molar-refractivity contribution in [3.63, 3.8) is 0 Å². The average molecular weight is 388 g/mol. The third-order valence-electron chi connectivity index (χ3n) is 4.18. The number of rotatable bonds is 4. The molecule has 0 aliphatic carbocycles. The molecule has 0 saturated carbocycles. The minimum Gasteiger partial charge on any atom is -0.503 e. The van der Waals surface area contributed by atoms with Crippen LogP contribution in [0.2, 0.25) is 0 Å². The number of nitrogens with one attached hydrogen (secondary N) is 1. The van der Waals surface area contributed by atoms with Gasteiger partial charge >= 0.3 is 17.9 Å². The molecule has 0 saturated heterocycles. The number of nitrogens with zero attached hydrogens (tertiary/aromatic N) is 1. The van der Waals surface area contributed by atoms with Crippen molar-refractivity contribution in [1.82, 2.24) is 9.97 Å². The molecule has 3 aromatic rings. The smallest absolute Gasteiger partial charge is 0.356 e. The Hall–Kier alpha value is -3.82. The third kappa shape index (κ3) is 2.75. The number of benzene rings is 1. The van der Waals surface area contributed by atoms with Crippen LogP contribution in [-0.2, 0) is 14.2 Å². The topological polar surface area (TPSA) is 137 Å². The van der Waals surface area contributed by atoms with Gasteiger partial charge in [0.25, 0.3) is 0 Å². The number of aromatic amines is 1. The van der Waals surface area contributed by atoms with Gasteiger partial charge in [0.2, 0.25) is 0 Å². The van der Waals surface area contributed by atoms with E-state index in [1.807, 2.05) is 0 Å². The van der Waals surface area contributed by atoms with E-state index in [4.69, 9.17) is 14.2 Å². The first kappa shape index (κ1) is 19.0. The lowest BCUT2D eigenvalue weighted by Gasteiger charge is -2.12. The first-order chi connectivity index (χ1) is 13.4. The van der Waals surface area contributed by atoms with Gasteiger partial charge in [0.1, 0.15) is 16.9 Å². The van der Waals surface area contributed by atoms with Crippen LogP contribution >= 0.6 is 0 Å². The van der Waals surface area contributed by atoms with E-state index >= 15 is 0 Å². The van der Waals surface area contributed by atoms with Crippen LogP contribution in [0, 0.1) is 0 Å². The molecular weight excluding hydrogens is 372 g/mol. The fourth-order valence-electron chi connectivity index (χ4n) is 2.94. The number of pyridine rings is 1. The number of aromatic hydroxyl groups is 1. The molecule has 2 N–H and O–H groups in total. The number of carbonyl (C=O) groups excluding carboxylic acids is 3. The highest BCUT2D eigenvalue weighted by atomic mass is 16.5. The summed E-state index contributed by atoms with van der Waals surface area (Å²) in [6.07, 6.45) is 0. The quantitative estimate of drug-likeness (QED) is 0.506. The first-order valence-corrected chi connectivity index (χ1v) is 7.89. The maximum Gasteiger partial charge on any atom is 0.356 e. The van der Waals surface area contributed by atoms with E-state index in [1.54, 1.807) is 0 Å². The van der Waals surface area contributed by atoms with Crippen molar-refractivity contribution in [3.05, 3.63) is 29.1 Å². The summed E-state index contributed by atoms with van der Waals surface area (Å²) in [6, 6.07) is 2.60. The third-order valence-corrected chi connectivity index (χ3v) is 4.18. The highest BCUT2D eigenvalue weighted by molar-refractivity contribution is 6.20. The molecule has 28 heavy (non-hydrogen) atoms. The summed E-state index contributed by atoms with van der Waals surface area (Å²) in [7, 11) is 4.85. The summed E-state index contributed by atoms with van der Waals surface area (Å²) in [5.74, 6) is -2.68. The highest BCUT2D eigenvalue weighted by Gasteiger charge is 2.26. The van der Waals surface area contributed by atoms with Gasteiger partial charge in [-0.15, -0.1) is 0 Å². The van der Waals surface area contributed by atoms with Crippen LogP contribution in [0.25, 0.3) is 21.8 Å². The molecule has 2 heterocycles. The highest BCUT2D eigenvalue weighted by Crippen LogP contribution is 2.43. The normalized spacial score (nSPS) is 10.7. The molecule has 2 aromatic heterocycles. The molecule has 0 fully saturated rings. The molecule has 0 atom stereocenters. The van der Waals surface area contributed by atoms with Gasteiger partial charge in [-0.2, -0.15) is 0 Å². The molecule has 0 amide bonds. The van der Waals surface area contributed by atoms with E-state index < -0.39 is 23.7 Å². The monoisotopic (exact) mass is 388 g/mol. The average Bonchev–Trinajstić information content (AvgIpc) is 3.16. The van der Waals surface area contributed by atoms with Gasteiger partial charge in [-0.25, -0.2) is 19.4 Å². The number of carbonyl (C=O) groups is 3. The predicted octanol–water partition coefficient (Wildman–Crippen LogP) is 1.79. The van der Waals surface area contributed by atoms with Crippen LogP contribution in [0.3, 0.4) is 0 Å². The van der Waals surface area contributed by atoms with Gasteiger partial charge in [0.05, 0.1) is 39.5 Å². The molecule has 0 spiro atoms. The van der Waals surface area contributed by atoms with Crippen LogP contribution in [0.5, 0.6) is 11.5 Å². The Kier molecular flexibility index (Phi) is 4.78. The Bertz CT molecular complexity index is 1130. The number of H-pyrrole nitrogens is 1. The molecule has 10 nitrogen and oxygen atoms in total. The predicted molar refractivity (Wildman–Crippen MR) is 95.8 cm³/mol. The number of aromatic nitrogens is 2. The maximum atomic E-state index is 12.4. The summed E-state index contributed by atoms with van der Waals surface area (Å²) in [5, 5.41) is 11.1. The van der Waals surface area contributed by atoms with E-state index in [-0.39, 0.29) is 39.1 Å². The molecule has 1 aromatic carbocycles. The van der Waals surface area contributed by atoms with Crippen LogP contribution in [0.4, 0.5) is 0 Å². The molecule has 0 radical (unpaired) electrons. The number of ether oxygens (including phenoxy) is 4. The van der Waals surface area contributed by atoms with E-state index in [0.29, 0.717) is 5.39 Å². The van der Waals surface area contributed by atoms with Gasteiger partial charge in [-0.05, 0) is 12.1 Å². The van der Waals surface area contributed by atoms with Crippen molar-refractivity contribution in [1.29, 1.82) is 0 Å². The maximum absolute atomic E-state index is 12.4. The second-order valence-electron chi connectivity index (χ2n) is 5.61. The fourth-order valence-corrected chi connectivity index (χ4v) is 2.94. The Labute approximate surface area is 158 Å². The molecule has 3 rings (SSSR count). The fraction of sp³-hybridized carbons (Fsp3) is 0.222. The standard InChI is InChI=1S/C18H16N2O8/c1-25-15-8-6-10(18(24)28-4)19-12(8)11-7(16(22)26-2)5-9(17(23)27-3)20-13(11)14(15)21/h5-6,19,21H,1-4H3. The van der Waals surface area contributed by atoms with Crippen molar-refractivity contribution in [2.24, 2.45) is 0 Å². The first-order valence-electron chi connectivity index (χ1n) is 7.89. The van der Waals surface area contributed by atoms with Crippen LogP contribution < -0.4 is 4.74 Å².